The highest BCUT2D eigenvalue weighted by Crippen LogP contribution is 2.13. The highest BCUT2D eigenvalue weighted by atomic mass is 35.5. The van der Waals surface area contributed by atoms with E-state index in [1.807, 2.05) is 0 Å². The fourth-order valence-electron chi connectivity index (χ4n) is 1.20. The Hall–Kier alpha value is -0.860. The van der Waals surface area contributed by atoms with Crippen molar-refractivity contribution in [1.29, 1.82) is 0 Å². The molecule has 0 aliphatic rings. The van der Waals surface area contributed by atoms with Crippen molar-refractivity contribution in [2.24, 2.45) is 0 Å². The molecule has 0 atom stereocenters. The van der Waals surface area contributed by atoms with Gasteiger partial charge in [0.1, 0.15) is 0 Å². The molecule has 1 aromatic carbocycles. The van der Waals surface area contributed by atoms with Gasteiger partial charge in [-0.2, -0.15) is 0 Å². The molecule has 0 saturated heterocycles. The van der Waals surface area contributed by atoms with Gasteiger partial charge in [0.2, 0.25) is 0 Å². The summed E-state index contributed by atoms with van der Waals surface area (Å²) < 4.78 is 0. The molecule has 0 aliphatic carbocycles. The maximum atomic E-state index is 11.5. The van der Waals surface area contributed by atoms with E-state index in [4.69, 9.17) is 16.7 Å². The minimum absolute atomic E-state index is 0.0842. The van der Waals surface area contributed by atoms with E-state index >= 15 is 0 Å². The predicted molar refractivity (Wildman–Crippen MR) is 56.7 cm³/mol. The van der Waals surface area contributed by atoms with Crippen LogP contribution in [0.15, 0.2) is 24.3 Å². The Morgan fingerprint density at radius 2 is 2.14 bits per heavy atom. The highest BCUT2D eigenvalue weighted by Gasteiger charge is 2.05. The van der Waals surface area contributed by atoms with Gasteiger partial charge in [-0.1, -0.05) is 23.7 Å². The van der Waals surface area contributed by atoms with E-state index in [0.717, 1.165) is 6.42 Å². The third kappa shape index (κ3) is 3.48. The van der Waals surface area contributed by atoms with E-state index < -0.39 is 0 Å². The van der Waals surface area contributed by atoms with Crippen molar-refractivity contribution in [3.63, 3.8) is 0 Å². The minimum atomic E-state index is 0.0842. The second-order valence-corrected chi connectivity index (χ2v) is 3.55. The SMILES string of the molecule is O=C(CCCCO)c1cccc(Cl)c1. The Labute approximate surface area is 88.5 Å². The van der Waals surface area contributed by atoms with Crippen LogP contribution in [-0.4, -0.2) is 17.5 Å². The van der Waals surface area contributed by atoms with Crippen molar-refractivity contribution in [2.75, 3.05) is 6.61 Å². The van der Waals surface area contributed by atoms with Gasteiger partial charge in [-0.3, -0.25) is 4.79 Å². The number of carbonyl (C=O) groups is 1. The summed E-state index contributed by atoms with van der Waals surface area (Å²) in [5, 5.41) is 9.14. The standard InChI is InChI=1S/C11H13ClO2/c12-10-5-3-4-9(8-10)11(14)6-1-2-7-13/h3-5,8,13H,1-2,6-7H2. The third-order valence-electron chi connectivity index (χ3n) is 1.96. The van der Waals surface area contributed by atoms with Crippen LogP contribution < -0.4 is 0 Å². The molecule has 0 saturated carbocycles. The van der Waals surface area contributed by atoms with Crippen LogP contribution in [0.25, 0.3) is 0 Å². The number of benzene rings is 1. The van der Waals surface area contributed by atoms with Crippen LogP contribution in [0.3, 0.4) is 0 Å². The zero-order chi connectivity index (χ0) is 10.4. The van der Waals surface area contributed by atoms with E-state index in [1.54, 1.807) is 24.3 Å². The maximum Gasteiger partial charge on any atom is 0.162 e. The molecule has 1 N–H and O–H groups in total. The zero-order valence-corrected chi connectivity index (χ0v) is 8.63. The van der Waals surface area contributed by atoms with Crippen molar-refractivity contribution < 1.29 is 9.90 Å². The first-order valence-electron chi connectivity index (χ1n) is 4.63. The van der Waals surface area contributed by atoms with Crippen LogP contribution in [0.4, 0.5) is 0 Å². The van der Waals surface area contributed by atoms with Crippen molar-refractivity contribution in [3.8, 4) is 0 Å². The Morgan fingerprint density at radius 3 is 2.79 bits per heavy atom. The van der Waals surface area contributed by atoms with Crippen LogP contribution in [0, 0.1) is 0 Å². The number of carbonyl (C=O) groups excluding carboxylic acids is 1. The summed E-state index contributed by atoms with van der Waals surface area (Å²) in [6, 6.07) is 6.93. The second kappa shape index (κ2) is 5.78. The topological polar surface area (TPSA) is 37.3 Å². The molecular weight excluding hydrogens is 200 g/mol. The van der Waals surface area contributed by atoms with E-state index in [2.05, 4.69) is 0 Å². The van der Waals surface area contributed by atoms with Gasteiger partial charge in [0.25, 0.3) is 0 Å². The number of aliphatic hydroxyl groups excluding tert-OH is 1. The average molecular weight is 213 g/mol. The zero-order valence-electron chi connectivity index (χ0n) is 7.87. The van der Waals surface area contributed by atoms with Crippen molar-refractivity contribution in [1.82, 2.24) is 0 Å². The summed E-state index contributed by atoms with van der Waals surface area (Å²) in [4.78, 5) is 11.5. The van der Waals surface area contributed by atoms with Gasteiger partial charge in [0.15, 0.2) is 5.78 Å². The van der Waals surface area contributed by atoms with Crippen LogP contribution >= 0.6 is 11.6 Å². The number of Topliss-reactive ketones (excluding diaryl/α,β-unsaturated/α-hetero) is 1. The highest BCUT2D eigenvalue weighted by molar-refractivity contribution is 6.31. The minimum Gasteiger partial charge on any atom is -0.396 e. The molecule has 1 rings (SSSR count). The van der Waals surface area contributed by atoms with Crippen molar-refractivity contribution in [2.45, 2.75) is 19.3 Å². The van der Waals surface area contributed by atoms with Crippen molar-refractivity contribution in [3.05, 3.63) is 34.9 Å². The fraction of sp³-hybridized carbons (Fsp3) is 0.364. The number of ketones is 1. The molecule has 1 aromatic rings. The Morgan fingerprint density at radius 1 is 1.36 bits per heavy atom. The maximum absolute atomic E-state index is 11.5. The number of unbranched alkanes of at least 4 members (excludes halogenated alkanes) is 1. The first-order valence-corrected chi connectivity index (χ1v) is 5.01. The quantitative estimate of drug-likeness (QED) is 0.602. The Bertz CT molecular complexity index is 310. The number of halogens is 1. The number of hydrogen-bond acceptors (Lipinski definition) is 2. The summed E-state index contributed by atoms with van der Waals surface area (Å²) in [6.07, 6.45) is 1.87. The Balaban J connectivity index is 2.52. The number of aliphatic hydroxyl groups is 1. The van der Waals surface area contributed by atoms with Crippen molar-refractivity contribution >= 4 is 17.4 Å². The molecule has 76 valence electrons. The van der Waals surface area contributed by atoms with Crippen LogP contribution in [0.2, 0.25) is 5.02 Å². The molecule has 3 heteroatoms. The van der Waals surface area contributed by atoms with Crippen LogP contribution in [-0.2, 0) is 0 Å². The summed E-state index contributed by atoms with van der Waals surface area (Å²) >= 11 is 5.76. The molecule has 0 aliphatic heterocycles. The smallest absolute Gasteiger partial charge is 0.162 e. The van der Waals surface area contributed by atoms with Gasteiger partial charge in [-0.05, 0) is 25.0 Å². The summed E-state index contributed by atoms with van der Waals surface area (Å²) in [5.41, 5.74) is 0.649. The van der Waals surface area contributed by atoms with Gasteiger partial charge in [0.05, 0.1) is 0 Å². The molecule has 0 unspecified atom stereocenters. The van der Waals surface area contributed by atoms with Gasteiger partial charge >= 0.3 is 0 Å². The third-order valence-corrected chi connectivity index (χ3v) is 2.19. The van der Waals surface area contributed by atoms with Gasteiger partial charge < -0.3 is 5.11 Å². The molecule has 0 bridgehead atoms. The van der Waals surface area contributed by atoms with E-state index in [1.165, 1.54) is 0 Å². The molecule has 0 heterocycles. The fourth-order valence-corrected chi connectivity index (χ4v) is 1.39. The molecule has 0 radical (unpaired) electrons. The molecular formula is C11H13ClO2. The number of rotatable bonds is 5. The average Bonchev–Trinajstić information content (AvgIpc) is 2.18. The lowest BCUT2D eigenvalue weighted by molar-refractivity contribution is 0.0977. The van der Waals surface area contributed by atoms with E-state index in [9.17, 15) is 4.79 Å². The lowest BCUT2D eigenvalue weighted by Crippen LogP contribution is -1.99. The van der Waals surface area contributed by atoms with Gasteiger partial charge in [-0.25, -0.2) is 0 Å². The lowest BCUT2D eigenvalue weighted by atomic mass is 10.1. The summed E-state index contributed by atoms with van der Waals surface area (Å²) in [5.74, 6) is 0.0842. The molecule has 2 nitrogen and oxygen atoms in total. The first kappa shape index (κ1) is 11.2. The van der Waals surface area contributed by atoms with Crippen LogP contribution in [0.5, 0.6) is 0 Å². The van der Waals surface area contributed by atoms with Crippen LogP contribution in [0.1, 0.15) is 29.6 Å². The Kier molecular flexibility index (Phi) is 4.63. The normalized spacial score (nSPS) is 10.1. The van der Waals surface area contributed by atoms with E-state index in [-0.39, 0.29) is 12.4 Å². The summed E-state index contributed by atoms with van der Waals surface area (Å²) in [6.45, 7) is 0.142. The molecule has 14 heavy (non-hydrogen) atoms. The van der Waals surface area contributed by atoms with E-state index in [0.29, 0.717) is 23.4 Å². The molecule has 0 spiro atoms. The largest absolute Gasteiger partial charge is 0.396 e. The molecule has 0 fully saturated rings. The monoisotopic (exact) mass is 212 g/mol. The molecule has 0 aromatic heterocycles. The first-order chi connectivity index (χ1) is 6.74. The predicted octanol–water partition coefficient (Wildman–Crippen LogP) is 2.69. The van der Waals surface area contributed by atoms with Gasteiger partial charge in [-0.15, -0.1) is 0 Å². The summed E-state index contributed by atoms with van der Waals surface area (Å²) in [7, 11) is 0. The second-order valence-electron chi connectivity index (χ2n) is 3.11. The lowest BCUT2D eigenvalue weighted by Gasteiger charge is -2.00. The molecule has 0 amide bonds. The number of hydrogen-bond donors (Lipinski definition) is 1. The van der Waals surface area contributed by atoms with Gasteiger partial charge in [0, 0.05) is 23.6 Å².